The van der Waals surface area contributed by atoms with Crippen LogP contribution in [0.2, 0.25) is 0 Å². The molecule has 1 atom stereocenters. The fourth-order valence-electron chi connectivity index (χ4n) is 2.69. The van der Waals surface area contributed by atoms with Gasteiger partial charge in [0, 0.05) is 6.42 Å². The molecule has 1 saturated heterocycles. The van der Waals surface area contributed by atoms with E-state index in [1.165, 1.54) is 19.3 Å². The minimum atomic E-state index is 0.203. The average molecular weight is 248 g/mol. The largest absolute Gasteiger partial charge is 0.350 e. The highest BCUT2D eigenvalue weighted by Gasteiger charge is 2.14. The third-order valence-electron chi connectivity index (χ3n) is 3.80. The van der Waals surface area contributed by atoms with Gasteiger partial charge in [0.05, 0.1) is 6.04 Å². The van der Waals surface area contributed by atoms with Gasteiger partial charge >= 0.3 is 0 Å². The molecule has 1 aliphatic carbocycles. The molecule has 0 bridgehead atoms. The topological polar surface area (TPSA) is 41.1 Å². The molecule has 0 radical (unpaired) electrons. The number of hydrogen-bond donors (Lipinski definition) is 2. The molecule has 0 aromatic rings. The van der Waals surface area contributed by atoms with Crippen molar-refractivity contribution in [1.82, 2.24) is 10.6 Å². The number of amides is 1. The van der Waals surface area contributed by atoms with Crippen LogP contribution in [0.1, 0.15) is 38.5 Å². The SMILES string of the molecule is O=C(CCCC1CCNCC1)NC1C=CC=CC1. The van der Waals surface area contributed by atoms with E-state index in [1.807, 2.05) is 12.2 Å². The van der Waals surface area contributed by atoms with E-state index in [9.17, 15) is 4.79 Å². The molecule has 3 heteroatoms. The van der Waals surface area contributed by atoms with Crippen molar-refractivity contribution in [3.63, 3.8) is 0 Å². The van der Waals surface area contributed by atoms with Crippen LogP contribution in [0.4, 0.5) is 0 Å². The first-order valence-corrected chi connectivity index (χ1v) is 7.18. The molecular weight excluding hydrogens is 224 g/mol. The van der Waals surface area contributed by atoms with Crippen molar-refractivity contribution >= 4 is 5.91 Å². The van der Waals surface area contributed by atoms with Crippen molar-refractivity contribution in [3.05, 3.63) is 24.3 Å². The number of carbonyl (C=O) groups excluding carboxylic acids is 1. The molecule has 0 aromatic carbocycles. The third-order valence-corrected chi connectivity index (χ3v) is 3.80. The molecule has 2 rings (SSSR count). The average Bonchev–Trinajstić information content (AvgIpc) is 2.41. The van der Waals surface area contributed by atoms with Gasteiger partial charge in [0.15, 0.2) is 0 Å². The van der Waals surface area contributed by atoms with Gasteiger partial charge in [-0.05, 0) is 51.1 Å². The quantitative estimate of drug-likeness (QED) is 0.783. The van der Waals surface area contributed by atoms with E-state index in [2.05, 4.69) is 22.8 Å². The second-order valence-electron chi connectivity index (χ2n) is 5.31. The van der Waals surface area contributed by atoms with Crippen molar-refractivity contribution in [2.24, 2.45) is 5.92 Å². The van der Waals surface area contributed by atoms with E-state index >= 15 is 0 Å². The van der Waals surface area contributed by atoms with Gasteiger partial charge in [-0.2, -0.15) is 0 Å². The second-order valence-corrected chi connectivity index (χ2v) is 5.31. The predicted octanol–water partition coefficient (Wildman–Crippen LogP) is 2.16. The van der Waals surface area contributed by atoms with Crippen LogP contribution in [-0.2, 0) is 4.79 Å². The van der Waals surface area contributed by atoms with E-state index < -0.39 is 0 Å². The normalized spacial score (nSPS) is 24.1. The van der Waals surface area contributed by atoms with E-state index in [4.69, 9.17) is 0 Å². The second kappa shape index (κ2) is 7.37. The van der Waals surface area contributed by atoms with E-state index in [1.54, 1.807) is 0 Å². The van der Waals surface area contributed by atoms with Crippen LogP contribution in [0.3, 0.4) is 0 Å². The van der Waals surface area contributed by atoms with Gasteiger partial charge in [-0.3, -0.25) is 4.79 Å². The number of hydrogen-bond acceptors (Lipinski definition) is 2. The number of carbonyl (C=O) groups is 1. The summed E-state index contributed by atoms with van der Waals surface area (Å²) in [5, 5.41) is 6.44. The molecule has 1 fully saturated rings. The summed E-state index contributed by atoms with van der Waals surface area (Å²) in [6.45, 7) is 2.30. The molecule has 1 heterocycles. The van der Waals surface area contributed by atoms with Gasteiger partial charge in [-0.1, -0.05) is 24.3 Å². The van der Waals surface area contributed by atoms with Gasteiger partial charge in [0.1, 0.15) is 0 Å². The third kappa shape index (κ3) is 4.65. The molecule has 0 saturated carbocycles. The maximum atomic E-state index is 11.8. The minimum absolute atomic E-state index is 0.203. The summed E-state index contributed by atoms with van der Waals surface area (Å²) in [6.07, 6.45) is 14.6. The maximum Gasteiger partial charge on any atom is 0.220 e. The lowest BCUT2D eigenvalue weighted by Crippen LogP contribution is -2.33. The van der Waals surface area contributed by atoms with Crippen molar-refractivity contribution in [1.29, 1.82) is 0 Å². The number of piperidine rings is 1. The molecule has 1 aliphatic heterocycles. The summed E-state index contributed by atoms with van der Waals surface area (Å²) in [4.78, 5) is 11.8. The van der Waals surface area contributed by atoms with Crippen molar-refractivity contribution in [3.8, 4) is 0 Å². The highest BCUT2D eigenvalue weighted by atomic mass is 16.1. The summed E-state index contributed by atoms with van der Waals surface area (Å²) in [5.41, 5.74) is 0. The monoisotopic (exact) mass is 248 g/mol. The Bertz CT molecular complexity index is 316. The van der Waals surface area contributed by atoms with Gasteiger partial charge in [-0.15, -0.1) is 0 Å². The molecule has 0 spiro atoms. The van der Waals surface area contributed by atoms with Gasteiger partial charge in [-0.25, -0.2) is 0 Å². The lowest BCUT2D eigenvalue weighted by atomic mass is 9.92. The Hall–Kier alpha value is -1.09. The summed E-state index contributed by atoms with van der Waals surface area (Å²) >= 11 is 0. The van der Waals surface area contributed by atoms with Crippen LogP contribution in [0.25, 0.3) is 0 Å². The Morgan fingerprint density at radius 2 is 2.11 bits per heavy atom. The lowest BCUT2D eigenvalue weighted by molar-refractivity contribution is -0.121. The first-order valence-electron chi connectivity index (χ1n) is 7.18. The Kier molecular flexibility index (Phi) is 5.46. The van der Waals surface area contributed by atoms with Crippen LogP contribution >= 0.6 is 0 Å². The van der Waals surface area contributed by atoms with Crippen molar-refractivity contribution in [2.45, 2.75) is 44.6 Å². The molecule has 100 valence electrons. The Labute approximate surface area is 110 Å². The highest BCUT2D eigenvalue weighted by molar-refractivity contribution is 5.76. The number of nitrogens with one attached hydrogen (secondary N) is 2. The number of rotatable bonds is 5. The van der Waals surface area contributed by atoms with Crippen molar-refractivity contribution in [2.75, 3.05) is 13.1 Å². The standard InChI is InChI=1S/C15H24N2O/c18-15(17-14-6-2-1-3-7-14)8-4-5-13-9-11-16-12-10-13/h1-3,6,13-14,16H,4-5,7-12H2,(H,17,18). The van der Waals surface area contributed by atoms with Gasteiger partial charge in [0.25, 0.3) is 0 Å². The minimum Gasteiger partial charge on any atom is -0.350 e. The summed E-state index contributed by atoms with van der Waals surface area (Å²) in [6, 6.07) is 0.210. The molecule has 0 aromatic heterocycles. The first-order chi connectivity index (χ1) is 8.84. The molecule has 18 heavy (non-hydrogen) atoms. The van der Waals surface area contributed by atoms with Gasteiger partial charge in [0.2, 0.25) is 5.91 Å². The first kappa shape index (κ1) is 13.3. The fraction of sp³-hybridized carbons (Fsp3) is 0.667. The van der Waals surface area contributed by atoms with Crippen LogP contribution in [0, 0.1) is 5.92 Å². The van der Waals surface area contributed by atoms with Gasteiger partial charge < -0.3 is 10.6 Å². The molecule has 3 nitrogen and oxygen atoms in total. The van der Waals surface area contributed by atoms with Crippen molar-refractivity contribution < 1.29 is 4.79 Å². The maximum absolute atomic E-state index is 11.8. The fourth-order valence-corrected chi connectivity index (χ4v) is 2.69. The van der Waals surface area contributed by atoms with E-state index in [0.29, 0.717) is 6.42 Å². The molecule has 1 unspecified atom stereocenters. The zero-order chi connectivity index (χ0) is 12.6. The summed E-state index contributed by atoms with van der Waals surface area (Å²) in [7, 11) is 0. The van der Waals surface area contributed by atoms with Crippen LogP contribution in [0.5, 0.6) is 0 Å². The van der Waals surface area contributed by atoms with E-state index in [-0.39, 0.29) is 11.9 Å². The Morgan fingerprint density at radius 1 is 1.28 bits per heavy atom. The molecule has 2 N–H and O–H groups in total. The smallest absolute Gasteiger partial charge is 0.220 e. The zero-order valence-corrected chi connectivity index (χ0v) is 11.0. The zero-order valence-electron chi connectivity index (χ0n) is 11.0. The Balaban J connectivity index is 1.56. The van der Waals surface area contributed by atoms with Crippen LogP contribution < -0.4 is 10.6 Å². The van der Waals surface area contributed by atoms with Crippen LogP contribution in [-0.4, -0.2) is 25.0 Å². The molecule has 1 amide bonds. The Morgan fingerprint density at radius 3 is 2.83 bits per heavy atom. The summed E-state index contributed by atoms with van der Waals surface area (Å²) in [5.74, 6) is 1.03. The number of allylic oxidation sites excluding steroid dienone is 2. The highest BCUT2D eigenvalue weighted by Crippen LogP contribution is 2.18. The van der Waals surface area contributed by atoms with Crippen LogP contribution in [0.15, 0.2) is 24.3 Å². The summed E-state index contributed by atoms with van der Waals surface area (Å²) < 4.78 is 0. The molecule has 2 aliphatic rings. The molecular formula is C15H24N2O. The lowest BCUT2D eigenvalue weighted by Gasteiger charge is -2.22. The predicted molar refractivity (Wildman–Crippen MR) is 74.3 cm³/mol. The van der Waals surface area contributed by atoms with E-state index in [0.717, 1.165) is 31.8 Å².